The Morgan fingerprint density at radius 2 is 1.58 bits per heavy atom. The summed E-state index contributed by atoms with van der Waals surface area (Å²) in [6.07, 6.45) is -1.11. The first-order chi connectivity index (χ1) is 22.0. The third-order valence-corrected chi connectivity index (χ3v) is 7.88. The van der Waals surface area contributed by atoms with Gasteiger partial charge in [-0.25, -0.2) is 32.1 Å². The van der Waals surface area contributed by atoms with Crippen LogP contribution in [0.2, 0.25) is 0 Å². The van der Waals surface area contributed by atoms with Crippen LogP contribution < -0.4 is 20.9 Å². The molecular weight excluding hydrogens is 658 g/mol. The quantitative estimate of drug-likeness (QED) is 0.236. The summed E-state index contributed by atoms with van der Waals surface area (Å²) in [5, 5.41) is 11.3. The highest BCUT2D eigenvalue weighted by Crippen LogP contribution is 2.39. The first kappa shape index (κ1) is 36.4. The van der Waals surface area contributed by atoms with Crippen molar-refractivity contribution in [1.29, 1.82) is 0 Å². The highest BCUT2D eigenvalue weighted by atomic mass is 32.1. The summed E-state index contributed by atoms with van der Waals surface area (Å²) in [5.41, 5.74) is -3.96. The van der Waals surface area contributed by atoms with Crippen LogP contribution in [-0.4, -0.2) is 68.6 Å². The minimum Gasteiger partial charge on any atom is -0.444 e. The maximum atomic E-state index is 15.4. The Bertz CT molecular complexity index is 1680. The van der Waals surface area contributed by atoms with Crippen LogP contribution in [0, 0.1) is 11.6 Å². The van der Waals surface area contributed by atoms with Crippen LogP contribution in [-0.2, 0) is 16.5 Å². The normalized spacial score (nSPS) is 18.1. The van der Waals surface area contributed by atoms with E-state index in [9.17, 15) is 23.2 Å². The summed E-state index contributed by atoms with van der Waals surface area (Å²) < 4.78 is 72.1. The van der Waals surface area contributed by atoms with Gasteiger partial charge in [0.15, 0.2) is 11.5 Å². The van der Waals surface area contributed by atoms with E-state index in [0.29, 0.717) is 11.3 Å². The van der Waals surface area contributed by atoms with Crippen LogP contribution in [0.15, 0.2) is 24.4 Å². The van der Waals surface area contributed by atoms with Gasteiger partial charge in [0.2, 0.25) is 0 Å². The number of carbonyl (C=O) groups excluding carboxylic acids is 3. The van der Waals surface area contributed by atoms with Gasteiger partial charge in [-0.3, -0.25) is 14.8 Å². The van der Waals surface area contributed by atoms with Crippen molar-refractivity contribution in [2.45, 2.75) is 84.0 Å². The summed E-state index contributed by atoms with van der Waals surface area (Å²) in [5.74, 6) is -5.97. The monoisotopic (exact) mass is 697 g/mol. The molecule has 48 heavy (non-hydrogen) atoms. The number of ether oxygens (including phenoxy) is 2. The van der Waals surface area contributed by atoms with Crippen LogP contribution in [0.5, 0.6) is 0 Å². The SMILES string of the molecule is Cn1ncc(NC(=O)c2nc(-c3c(F)cccc3F)sc2NC(=O)OC(C)(C)C)c1N1CCC(C)(NC(=O)OC(C)(C)C)CC(F)(F)C1. The van der Waals surface area contributed by atoms with E-state index in [1.807, 2.05) is 0 Å². The van der Waals surface area contributed by atoms with E-state index in [-0.39, 0.29) is 34.5 Å². The van der Waals surface area contributed by atoms with Crippen molar-refractivity contribution in [2.75, 3.05) is 28.6 Å². The Hall–Kier alpha value is -4.41. The van der Waals surface area contributed by atoms with Crippen LogP contribution in [0.4, 0.5) is 43.7 Å². The lowest BCUT2D eigenvalue weighted by atomic mass is 9.91. The van der Waals surface area contributed by atoms with Gasteiger partial charge in [-0.2, -0.15) is 5.10 Å². The number of hydrogen-bond donors (Lipinski definition) is 3. The third-order valence-electron chi connectivity index (χ3n) is 6.90. The zero-order valence-corrected chi connectivity index (χ0v) is 28.7. The number of benzene rings is 1. The lowest BCUT2D eigenvalue weighted by Crippen LogP contribution is -2.50. The van der Waals surface area contributed by atoms with Gasteiger partial charge in [-0.1, -0.05) is 17.4 Å². The number of nitrogens with one attached hydrogen (secondary N) is 3. The molecule has 1 fully saturated rings. The van der Waals surface area contributed by atoms with Crippen molar-refractivity contribution in [3.8, 4) is 10.6 Å². The van der Waals surface area contributed by atoms with Gasteiger partial charge in [0.1, 0.15) is 38.5 Å². The number of aryl methyl sites for hydroxylation is 1. The molecule has 262 valence electrons. The molecule has 1 aromatic carbocycles. The third kappa shape index (κ3) is 9.14. The molecule has 1 aliphatic rings. The van der Waals surface area contributed by atoms with Gasteiger partial charge in [-0.05, 0) is 67.0 Å². The van der Waals surface area contributed by atoms with E-state index in [1.54, 1.807) is 41.5 Å². The number of alkyl carbamates (subject to hydrolysis) is 1. The Kier molecular flexibility index (Phi) is 10.0. The van der Waals surface area contributed by atoms with Crippen LogP contribution in [0.3, 0.4) is 0 Å². The maximum absolute atomic E-state index is 15.4. The van der Waals surface area contributed by atoms with E-state index in [4.69, 9.17) is 9.47 Å². The van der Waals surface area contributed by atoms with Crippen molar-refractivity contribution in [3.63, 3.8) is 0 Å². The molecule has 0 spiro atoms. The van der Waals surface area contributed by atoms with Crippen molar-refractivity contribution in [1.82, 2.24) is 20.1 Å². The van der Waals surface area contributed by atoms with E-state index in [1.165, 1.54) is 35.8 Å². The molecule has 2 aromatic heterocycles. The summed E-state index contributed by atoms with van der Waals surface area (Å²) in [6, 6.07) is 3.21. The largest absolute Gasteiger partial charge is 0.444 e. The minimum atomic E-state index is -3.29. The number of nitrogens with zero attached hydrogens (tertiary/aromatic N) is 4. The Morgan fingerprint density at radius 3 is 2.19 bits per heavy atom. The standard InChI is InChI=1S/C31H39F4N7O5S/c1-28(2,3)46-26(44)39-24-21(38-23(48-24)20-17(32)10-9-11-18(20)33)22(43)37-19-14-36-41(8)25(19)42-13-12-30(7,15-31(34,35)16-42)40-27(45)47-29(4,5)6/h9-11,14H,12-13,15-16H2,1-8H3,(H,37,43)(H,39,44)(H,40,45). The fraction of sp³-hybridized carbons (Fsp3) is 0.516. The highest BCUT2D eigenvalue weighted by molar-refractivity contribution is 7.19. The van der Waals surface area contributed by atoms with Crippen LogP contribution in [0.25, 0.3) is 10.6 Å². The van der Waals surface area contributed by atoms with Crippen molar-refractivity contribution >= 4 is 45.9 Å². The molecular formula is C31H39F4N7O5S. The highest BCUT2D eigenvalue weighted by Gasteiger charge is 2.46. The van der Waals surface area contributed by atoms with Gasteiger partial charge in [0.05, 0.1) is 18.3 Å². The molecule has 0 radical (unpaired) electrons. The Morgan fingerprint density at radius 1 is 0.979 bits per heavy atom. The first-order valence-corrected chi connectivity index (χ1v) is 15.8. The zero-order chi connectivity index (χ0) is 35.8. The van der Waals surface area contributed by atoms with E-state index < -0.39 is 76.6 Å². The van der Waals surface area contributed by atoms with Crippen LogP contribution in [0.1, 0.15) is 71.8 Å². The molecule has 1 aliphatic heterocycles. The van der Waals surface area contributed by atoms with Crippen molar-refractivity contribution < 1.29 is 41.4 Å². The lowest BCUT2D eigenvalue weighted by molar-refractivity contribution is -0.0195. The Balaban J connectivity index is 1.64. The number of aromatic nitrogens is 3. The smallest absolute Gasteiger partial charge is 0.412 e. The molecule has 0 saturated carbocycles. The average molecular weight is 698 g/mol. The number of rotatable bonds is 6. The molecule has 3 heterocycles. The summed E-state index contributed by atoms with van der Waals surface area (Å²) in [6.45, 7) is 10.6. The predicted octanol–water partition coefficient (Wildman–Crippen LogP) is 6.94. The van der Waals surface area contributed by atoms with Gasteiger partial charge in [0, 0.05) is 25.6 Å². The maximum Gasteiger partial charge on any atom is 0.412 e. The molecule has 4 rings (SSSR count). The average Bonchev–Trinajstić information content (AvgIpc) is 3.43. The zero-order valence-electron chi connectivity index (χ0n) is 27.9. The molecule has 0 bridgehead atoms. The summed E-state index contributed by atoms with van der Waals surface area (Å²) in [7, 11) is 1.50. The van der Waals surface area contributed by atoms with Crippen molar-refractivity contribution in [2.24, 2.45) is 7.05 Å². The number of carbonyl (C=O) groups is 3. The molecule has 3 N–H and O–H groups in total. The first-order valence-electron chi connectivity index (χ1n) is 15.0. The summed E-state index contributed by atoms with van der Waals surface area (Å²) in [4.78, 5) is 44.3. The molecule has 3 amide bonds. The minimum absolute atomic E-state index is 0.0249. The van der Waals surface area contributed by atoms with E-state index in [2.05, 4.69) is 26.0 Å². The lowest BCUT2D eigenvalue weighted by Gasteiger charge is -2.32. The fourth-order valence-electron chi connectivity index (χ4n) is 5.13. The second kappa shape index (κ2) is 13.2. The molecule has 17 heteroatoms. The number of amides is 3. The number of halogens is 4. The molecule has 1 atom stereocenters. The van der Waals surface area contributed by atoms with Crippen LogP contribution >= 0.6 is 11.3 Å². The van der Waals surface area contributed by atoms with E-state index >= 15 is 8.78 Å². The molecule has 12 nitrogen and oxygen atoms in total. The molecule has 1 unspecified atom stereocenters. The number of alkyl halides is 2. The van der Waals surface area contributed by atoms with E-state index in [0.717, 1.165) is 12.1 Å². The second-order valence-electron chi connectivity index (χ2n) is 13.8. The van der Waals surface area contributed by atoms with Gasteiger partial charge in [0.25, 0.3) is 11.8 Å². The molecule has 0 aliphatic carbocycles. The van der Waals surface area contributed by atoms with Gasteiger partial charge < -0.3 is 25.0 Å². The number of anilines is 3. The Labute approximate surface area is 279 Å². The fourth-order valence-corrected chi connectivity index (χ4v) is 6.13. The topological polar surface area (TPSA) is 140 Å². The molecule has 1 saturated heterocycles. The second-order valence-corrected chi connectivity index (χ2v) is 14.8. The van der Waals surface area contributed by atoms with Gasteiger partial charge >= 0.3 is 12.2 Å². The molecule has 3 aromatic rings. The van der Waals surface area contributed by atoms with Crippen molar-refractivity contribution in [3.05, 3.63) is 41.7 Å². The van der Waals surface area contributed by atoms with Gasteiger partial charge in [-0.15, -0.1) is 0 Å². The summed E-state index contributed by atoms with van der Waals surface area (Å²) >= 11 is 0.643. The number of hydrogen-bond acceptors (Lipinski definition) is 9. The number of thiazole rings is 1. The predicted molar refractivity (Wildman–Crippen MR) is 173 cm³/mol.